The number of aromatic nitrogens is 4. The van der Waals surface area contributed by atoms with Crippen molar-refractivity contribution in [1.82, 2.24) is 19.9 Å². The number of aromatic amines is 1. The average molecular weight is 423 g/mol. The molecular formula is C20H12ClFN6O2. The van der Waals surface area contributed by atoms with E-state index in [9.17, 15) is 14.0 Å². The van der Waals surface area contributed by atoms with Crippen LogP contribution in [0.15, 0.2) is 59.8 Å². The van der Waals surface area contributed by atoms with Crippen LogP contribution in [-0.4, -0.2) is 32.5 Å². The number of anilines is 3. The van der Waals surface area contributed by atoms with Gasteiger partial charge in [0.1, 0.15) is 24.2 Å². The number of benzene rings is 2. The number of carbonyl (C=O) groups is 1. The van der Waals surface area contributed by atoms with E-state index < -0.39 is 11.4 Å². The third-order valence-corrected chi connectivity index (χ3v) is 5.09. The summed E-state index contributed by atoms with van der Waals surface area (Å²) in [7, 11) is 0. The molecule has 1 amide bonds. The second-order valence-corrected chi connectivity index (χ2v) is 6.97. The Kier molecular flexibility index (Phi) is 4.18. The molecule has 4 aromatic rings. The number of halogens is 2. The highest BCUT2D eigenvalue weighted by molar-refractivity contribution is 6.36. The molecule has 3 heterocycles. The smallest absolute Gasteiger partial charge is 0.263 e. The van der Waals surface area contributed by atoms with E-state index in [4.69, 9.17) is 11.6 Å². The SMILES string of the molecule is O=C1c2c(Cl)cccc2N(c2nc3ncncc3c(=O)[nH]2)CN1c1cccc(F)c1. The topological polar surface area (TPSA) is 95.1 Å². The first kappa shape index (κ1) is 18.2. The van der Waals surface area contributed by atoms with Crippen LogP contribution in [0, 0.1) is 5.82 Å². The lowest BCUT2D eigenvalue weighted by molar-refractivity contribution is 0.0983. The number of nitrogens with zero attached hydrogens (tertiary/aromatic N) is 5. The van der Waals surface area contributed by atoms with Crippen LogP contribution >= 0.6 is 11.6 Å². The molecule has 0 saturated carbocycles. The van der Waals surface area contributed by atoms with Crippen molar-refractivity contribution >= 4 is 45.9 Å². The molecule has 5 rings (SSSR count). The Balaban J connectivity index is 1.72. The van der Waals surface area contributed by atoms with Crippen molar-refractivity contribution in [3.8, 4) is 0 Å². The number of hydrogen-bond donors (Lipinski definition) is 1. The molecule has 10 heteroatoms. The van der Waals surface area contributed by atoms with Crippen molar-refractivity contribution in [3.63, 3.8) is 0 Å². The summed E-state index contributed by atoms with van der Waals surface area (Å²) < 4.78 is 13.8. The Hall–Kier alpha value is -3.85. The van der Waals surface area contributed by atoms with Crippen molar-refractivity contribution in [2.24, 2.45) is 0 Å². The van der Waals surface area contributed by atoms with Crippen LogP contribution in [0.2, 0.25) is 5.02 Å². The van der Waals surface area contributed by atoms with Gasteiger partial charge >= 0.3 is 0 Å². The van der Waals surface area contributed by atoms with Gasteiger partial charge in [0.25, 0.3) is 11.5 Å². The highest BCUT2D eigenvalue weighted by Gasteiger charge is 2.34. The maximum absolute atomic E-state index is 13.8. The summed E-state index contributed by atoms with van der Waals surface area (Å²) in [6.45, 7) is -0.0187. The molecule has 2 aromatic heterocycles. The molecule has 0 aliphatic carbocycles. The molecular weight excluding hydrogens is 411 g/mol. The molecule has 0 unspecified atom stereocenters. The predicted molar refractivity (Wildman–Crippen MR) is 110 cm³/mol. The van der Waals surface area contributed by atoms with Crippen molar-refractivity contribution < 1.29 is 9.18 Å². The Bertz CT molecular complexity index is 1380. The zero-order valence-electron chi connectivity index (χ0n) is 15.2. The molecule has 2 aromatic carbocycles. The summed E-state index contributed by atoms with van der Waals surface area (Å²) in [5.74, 6) is -0.697. The Morgan fingerprint density at radius 1 is 1.10 bits per heavy atom. The van der Waals surface area contributed by atoms with Crippen LogP contribution in [-0.2, 0) is 0 Å². The molecule has 1 N–H and O–H groups in total. The maximum Gasteiger partial charge on any atom is 0.263 e. The highest BCUT2D eigenvalue weighted by atomic mass is 35.5. The summed E-state index contributed by atoms with van der Waals surface area (Å²) in [5.41, 5.74) is 0.827. The van der Waals surface area contributed by atoms with Crippen LogP contribution < -0.4 is 15.4 Å². The van der Waals surface area contributed by atoms with Gasteiger partial charge in [-0.3, -0.25) is 24.4 Å². The van der Waals surface area contributed by atoms with E-state index in [-0.39, 0.29) is 40.1 Å². The molecule has 1 aliphatic heterocycles. The fourth-order valence-corrected chi connectivity index (χ4v) is 3.64. The van der Waals surface area contributed by atoms with Crippen LogP contribution in [0.3, 0.4) is 0 Å². The van der Waals surface area contributed by atoms with E-state index in [1.807, 2.05) is 0 Å². The molecule has 0 bridgehead atoms. The molecule has 1 aliphatic rings. The van der Waals surface area contributed by atoms with E-state index in [0.29, 0.717) is 11.4 Å². The van der Waals surface area contributed by atoms with Crippen LogP contribution in [0.1, 0.15) is 10.4 Å². The van der Waals surface area contributed by atoms with E-state index in [1.165, 1.54) is 35.6 Å². The van der Waals surface area contributed by atoms with Crippen molar-refractivity contribution in [2.45, 2.75) is 0 Å². The van der Waals surface area contributed by atoms with Crippen molar-refractivity contribution in [3.05, 3.63) is 81.7 Å². The minimum absolute atomic E-state index is 0.0187. The lowest BCUT2D eigenvalue weighted by Gasteiger charge is -2.37. The fraction of sp³-hybridized carbons (Fsp3) is 0.0500. The summed E-state index contributed by atoms with van der Waals surface area (Å²) in [5, 5.41) is 0.469. The summed E-state index contributed by atoms with van der Waals surface area (Å²) >= 11 is 6.34. The minimum Gasteiger partial charge on any atom is -0.292 e. The van der Waals surface area contributed by atoms with Gasteiger partial charge in [0.05, 0.1) is 16.3 Å². The average Bonchev–Trinajstić information content (AvgIpc) is 2.74. The number of fused-ring (bicyclic) bond motifs is 2. The first-order valence-corrected chi connectivity index (χ1v) is 9.24. The van der Waals surface area contributed by atoms with Gasteiger partial charge in [0.15, 0.2) is 5.65 Å². The van der Waals surface area contributed by atoms with Crippen LogP contribution in [0.25, 0.3) is 11.0 Å². The molecule has 30 heavy (non-hydrogen) atoms. The van der Waals surface area contributed by atoms with E-state index in [0.717, 1.165) is 0 Å². The quantitative estimate of drug-likeness (QED) is 0.532. The standard InChI is InChI=1S/C20H12ClFN6O2/c21-14-5-2-6-15-16(14)19(30)27(12-4-1-3-11(22)7-12)10-28(15)20-25-17-13(18(29)26-20)8-23-9-24-17/h1-9H,10H2,(H,23,24,25,26,29). The third kappa shape index (κ3) is 2.87. The monoisotopic (exact) mass is 422 g/mol. The van der Waals surface area contributed by atoms with Crippen LogP contribution in [0.4, 0.5) is 21.7 Å². The Labute approximate surface area is 173 Å². The van der Waals surface area contributed by atoms with Crippen molar-refractivity contribution in [1.29, 1.82) is 0 Å². The number of hydrogen-bond acceptors (Lipinski definition) is 6. The lowest BCUT2D eigenvalue weighted by Crippen LogP contribution is -2.46. The summed E-state index contributed by atoms with van der Waals surface area (Å²) in [4.78, 5) is 43.7. The van der Waals surface area contributed by atoms with Gasteiger partial charge in [-0.2, -0.15) is 4.98 Å². The number of carbonyl (C=O) groups excluding carboxylic acids is 1. The van der Waals surface area contributed by atoms with Crippen molar-refractivity contribution in [2.75, 3.05) is 16.5 Å². The summed E-state index contributed by atoms with van der Waals surface area (Å²) in [6, 6.07) is 10.7. The fourth-order valence-electron chi connectivity index (χ4n) is 3.39. The highest BCUT2D eigenvalue weighted by Crippen LogP contribution is 2.37. The van der Waals surface area contributed by atoms with E-state index in [1.54, 1.807) is 29.2 Å². The number of H-pyrrole nitrogens is 1. The molecule has 148 valence electrons. The van der Waals surface area contributed by atoms with E-state index >= 15 is 0 Å². The van der Waals surface area contributed by atoms with Gasteiger partial charge in [-0.05, 0) is 30.3 Å². The normalized spacial score (nSPS) is 13.6. The molecule has 0 spiro atoms. The zero-order chi connectivity index (χ0) is 20.8. The second-order valence-electron chi connectivity index (χ2n) is 6.57. The number of amides is 1. The summed E-state index contributed by atoms with van der Waals surface area (Å²) in [6.07, 6.45) is 2.67. The minimum atomic E-state index is -0.481. The molecule has 0 fully saturated rings. The van der Waals surface area contributed by atoms with Gasteiger partial charge in [0.2, 0.25) is 5.95 Å². The molecule has 0 saturated heterocycles. The van der Waals surface area contributed by atoms with Crippen LogP contribution in [0.5, 0.6) is 0 Å². The first-order chi connectivity index (χ1) is 14.5. The molecule has 0 atom stereocenters. The second kappa shape index (κ2) is 6.89. The third-order valence-electron chi connectivity index (χ3n) is 4.77. The maximum atomic E-state index is 13.8. The number of nitrogens with one attached hydrogen (secondary N) is 1. The zero-order valence-corrected chi connectivity index (χ0v) is 16.0. The Morgan fingerprint density at radius 3 is 2.77 bits per heavy atom. The predicted octanol–water partition coefficient (Wildman–Crippen LogP) is 3.26. The molecule has 0 radical (unpaired) electrons. The lowest BCUT2D eigenvalue weighted by atomic mass is 10.1. The largest absolute Gasteiger partial charge is 0.292 e. The van der Waals surface area contributed by atoms with Gasteiger partial charge < -0.3 is 0 Å². The Morgan fingerprint density at radius 2 is 1.93 bits per heavy atom. The number of rotatable bonds is 2. The van der Waals surface area contributed by atoms with Gasteiger partial charge in [-0.15, -0.1) is 0 Å². The van der Waals surface area contributed by atoms with Gasteiger partial charge in [0, 0.05) is 11.9 Å². The van der Waals surface area contributed by atoms with Gasteiger partial charge in [-0.25, -0.2) is 14.4 Å². The first-order valence-electron chi connectivity index (χ1n) is 8.86. The van der Waals surface area contributed by atoms with Gasteiger partial charge in [-0.1, -0.05) is 23.7 Å². The van der Waals surface area contributed by atoms with E-state index in [2.05, 4.69) is 19.9 Å². The molecule has 8 nitrogen and oxygen atoms in total.